The highest BCUT2D eigenvalue weighted by Gasteiger charge is 2.25. The largest absolute Gasteiger partial charge is 0.342 e. The van der Waals surface area contributed by atoms with Crippen LogP contribution < -0.4 is 10.6 Å². The molecule has 0 bridgehead atoms. The van der Waals surface area contributed by atoms with Gasteiger partial charge in [-0.05, 0) is 67.3 Å². The van der Waals surface area contributed by atoms with Crippen LogP contribution in [0.25, 0.3) is 0 Å². The molecule has 2 amide bonds. The number of anilines is 1. The average Bonchev–Trinajstić information content (AvgIpc) is 3.16. The molecule has 10 heteroatoms. The maximum Gasteiger partial charge on any atom is 0.251 e. The molecule has 0 spiro atoms. The minimum Gasteiger partial charge on any atom is -0.342 e. The molecule has 0 saturated heterocycles. The van der Waals surface area contributed by atoms with Crippen LogP contribution >= 0.6 is 39.3 Å². The summed E-state index contributed by atoms with van der Waals surface area (Å²) < 4.78 is 2.83. The highest BCUT2D eigenvalue weighted by atomic mass is 79.9. The molecular formula is C24H27BrClN5O2S. The summed E-state index contributed by atoms with van der Waals surface area (Å²) in [4.78, 5) is 25.3. The zero-order valence-corrected chi connectivity index (χ0v) is 22.8. The van der Waals surface area contributed by atoms with Gasteiger partial charge >= 0.3 is 0 Å². The monoisotopic (exact) mass is 563 g/mol. The molecule has 0 aliphatic rings. The van der Waals surface area contributed by atoms with Crippen molar-refractivity contribution in [3.63, 3.8) is 0 Å². The van der Waals surface area contributed by atoms with E-state index in [1.54, 1.807) is 24.3 Å². The molecule has 1 aromatic heterocycles. The molecule has 0 aliphatic carbocycles. The lowest BCUT2D eigenvalue weighted by molar-refractivity contribution is -0.113. The van der Waals surface area contributed by atoms with E-state index >= 15 is 0 Å². The first-order valence-electron chi connectivity index (χ1n) is 10.7. The summed E-state index contributed by atoms with van der Waals surface area (Å²) in [6.45, 7) is 7.98. The topological polar surface area (TPSA) is 88.9 Å². The van der Waals surface area contributed by atoms with Gasteiger partial charge in [0.15, 0.2) is 11.0 Å². The molecule has 1 heterocycles. The minimum absolute atomic E-state index is 0.0731. The van der Waals surface area contributed by atoms with E-state index in [0.717, 1.165) is 21.3 Å². The number of amides is 2. The molecule has 0 unspecified atom stereocenters. The van der Waals surface area contributed by atoms with E-state index in [9.17, 15) is 9.59 Å². The van der Waals surface area contributed by atoms with E-state index in [2.05, 4.69) is 36.8 Å². The second kappa shape index (κ2) is 11.4. The van der Waals surface area contributed by atoms with Gasteiger partial charge in [0.1, 0.15) is 0 Å². The molecule has 7 nitrogen and oxygen atoms in total. The highest BCUT2D eigenvalue weighted by molar-refractivity contribution is 9.10. The lowest BCUT2D eigenvalue weighted by Crippen LogP contribution is -2.33. The molecular weight excluding hydrogens is 538 g/mol. The fourth-order valence-electron chi connectivity index (χ4n) is 3.32. The Bertz CT molecular complexity index is 1200. The van der Waals surface area contributed by atoms with Crippen LogP contribution in [0.3, 0.4) is 0 Å². The van der Waals surface area contributed by atoms with Crippen molar-refractivity contribution in [2.75, 3.05) is 11.1 Å². The molecule has 0 saturated carbocycles. The van der Waals surface area contributed by atoms with Gasteiger partial charge in [0.2, 0.25) is 5.91 Å². The van der Waals surface area contributed by atoms with Crippen LogP contribution in [0.1, 0.15) is 47.2 Å². The summed E-state index contributed by atoms with van der Waals surface area (Å²) in [5.41, 5.74) is 3.41. The lowest BCUT2D eigenvalue weighted by Gasteiger charge is -2.21. The number of nitrogens with zero attached hydrogens (tertiary/aromatic N) is 3. The molecule has 3 aromatic rings. The smallest absolute Gasteiger partial charge is 0.251 e. The van der Waals surface area contributed by atoms with E-state index in [-0.39, 0.29) is 29.5 Å². The van der Waals surface area contributed by atoms with Crippen LogP contribution in [-0.2, 0) is 11.8 Å². The number of benzene rings is 2. The Labute approximate surface area is 217 Å². The third-order valence-corrected chi connectivity index (χ3v) is 7.67. The molecule has 180 valence electrons. The van der Waals surface area contributed by atoms with Gasteiger partial charge in [-0.2, -0.15) is 0 Å². The van der Waals surface area contributed by atoms with Gasteiger partial charge < -0.3 is 15.2 Å². The van der Waals surface area contributed by atoms with Gasteiger partial charge in [0.05, 0.1) is 11.8 Å². The summed E-state index contributed by atoms with van der Waals surface area (Å²) in [5.74, 6) is 0.538. The van der Waals surface area contributed by atoms with Crippen molar-refractivity contribution < 1.29 is 9.59 Å². The Hall–Kier alpha value is -2.36. The summed E-state index contributed by atoms with van der Waals surface area (Å²) in [5, 5.41) is 15.7. The van der Waals surface area contributed by atoms with Crippen LogP contribution in [-0.4, -0.2) is 32.3 Å². The van der Waals surface area contributed by atoms with Gasteiger partial charge in [0.25, 0.3) is 5.91 Å². The molecule has 1 atom stereocenters. The third-order valence-electron chi connectivity index (χ3n) is 5.53. The minimum atomic E-state index is -0.350. The molecule has 34 heavy (non-hydrogen) atoms. The summed E-state index contributed by atoms with van der Waals surface area (Å²) in [6, 6.07) is 10.2. The van der Waals surface area contributed by atoms with E-state index in [1.165, 1.54) is 11.8 Å². The van der Waals surface area contributed by atoms with E-state index in [1.807, 2.05) is 51.4 Å². The highest BCUT2D eigenvalue weighted by Crippen LogP contribution is 2.27. The van der Waals surface area contributed by atoms with E-state index in [0.29, 0.717) is 21.6 Å². The van der Waals surface area contributed by atoms with Gasteiger partial charge in [0, 0.05) is 27.8 Å². The van der Waals surface area contributed by atoms with Gasteiger partial charge in [-0.3, -0.25) is 9.59 Å². The SMILES string of the molecule is Cc1c(Br)ccc(NC(=O)CSc2nnc([C@@H](NC(=O)c3ccc(Cl)cc3)C(C)C)n2C)c1C. The predicted molar refractivity (Wildman–Crippen MR) is 140 cm³/mol. The van der Waals surface area contributed by atoms with Crippen molar-refractivity contribution in [1.82, 2.24) is 20.1 Å². The van der Waals surface area contributed by atoms with Crippen molar-refractivity contribution >= 4 is 56.8 Å². The number of hydrogen-bond acceptors (Lipinski definition) is 5. The van der Waals surface area contributed by atoms with Crippen LogP contribution in [0.4, 0.5) is 5.69 Å². The quantitative estimate of drug-likeness (QED) is 0.342. The Balaban J connectivity index is 1.67. The first kappa shape index (κ1) is 26.2. The Morgan fingerprint density at radius 2 is 1.76 bits per heavy atom. The zero-order chi connectivity index (χ0) is 25.0. The van der Waals surface area contributed by atoms with Crippen molar-refractivity contribution in [2.24, 2.45) is 13.0 Å². The van der Waals surface area contributed by atoms with E-state index < -0.39 is 0 Å². The predicted octanol–water partition coefficient (Wildman–Crippen LogP) is 5.71. The van der Waals surface area contributed by atoms with Gasteiger partial charge in [-0.25, -0.2) is 0 Å². The van der Waals surface area contributed by atoms with Crippen molar-refractivity contribution in [3.05, 3.63) is 68.4 Å². The number of aromatic nitrogens is 3. The second-order valence-electron chi connectivity index (χ2n) is 8.28. The Morgan fingerprint density at radius 3 is 2.41 bits per heavy atom. The normalized spacial score (nSPS) is 12.0. The van der Waals surface area contributed by atoms with Crippen molar-refractivity contribution in [2.45, 2.75) is 38.9 Å². The van der Waals surface area contributed by atoms with Crippen molar-refractivity contribution in [1.29, 1.82) is 0 Å². The lowest BCUT2D eigenvalue weighted by atomic mass is 10.0. The number of carbonyl (C=O) groups excluding carboxylic acids is 2. The van der Waals surface area contributed by atoms with Gasteiger partial charge in [-0.1, -0.05) is 53.1 Å². The fraction of sp³-hybridized carbons (Fsp3) is 0.333. The Morgan fingerprint density at radius 1 is 1.09 bits per heavy atom. The number of carbonyl (C=O) groups is 2. The average molecular weight is 565 g/mol. The number of nitrogens with one attached hydrogen (secondary N) is 2. The number of hydrogen-bond donors (Lipinski definition) is 2. The molecule has 3 rings (SSSR count). The third kappa shape index (κ3) is 6.20. The molecule has 2 aromatic carbocycles. The molecule has 0 fully saturated rings. The maximum atomic E-state index is 12.8. The number of halogens is 2. The van der Waals surface area contributed by atoms with Crippen LogP contribution in [0.5, 0.6) is 0 Å². The zero-order valence-electron chi connectivity index (χ0n) is 19.6. The van der Waals surface area contributed by atoms with Crippen LogP contribution in [0.2, 0.25) is 5.02 Å². The fourth-order valence-corrected chi connectivity index (χ4v) is 4.59. The second-order valence-corrected chi connectivity index (χ2v) is 10.5. The Kier molecular flexibility index (Phi) is 8.78. The first-order chi connectivity index (χ1) is 16.1. The molecule has 0 radical (unpaired) electrons. The van der Waals surface area contributed by atoms with Crippen LogP contribution in [0, 0.1) is 19.8 Å². The standard InChI is InChI=1S/C24H27BrClN5O2S/c1-13(2)21(28-23(33)16-6-8-17(26)9-7-16)22-29-30-24(31(22)5)34-12-20(32)27-19-11-10-18(25)14(3)15(19)4/h6-11,13,21H,12H2,1-5H3,(H,27,32)(H,28,33)/t21-/m0/s1. The number of thioether (sulfide) groups is 1. The summed E-state index contributed by atoms with van der Waals surface area (Å²) >= 11 is 10.7. The summed E-state index contributed by atoms with van der Waals surface area (Å²) in [7, 11) is 1.83. The molecule has 0 aliphatic heterocycles. The van der Waals surface area contributed by atoms with Crippen LogP contribution in [0.15, 0.2) is 46.0 Å². The number of rotatable bonds is 8. The molecule has 2 N–H and O–H groups in total. The van der Waals surface area contributed by atoms with E-state index in [4.69, 9.17) is 11.6 Å². The first-order valence-corrected chi connectivity index (χ1v) is 12.9. The summed E-state index contributed by atoms with van der Waals surface area (Å²) in [6.07, 6.45) is 0. The van der Waals surface area contributed by atoms with Crippen molar-refractivity contribution in [3.8, 4) is 0 Å². The maximum absolute atomic E-state index is 12.8. The van der Waals surface area contributed by atoms with Gasteiger partial charge in [-0.15, -0.1) is 10.2 Å².